The van der Waals surface area contributed by atoms with Crippen molar-refractivity contribution in [3.05, 3.63) is 36.5 Å². The molecule has 8 heteroatoms. The molecule has 3 amide bonds. The van der Waals surface area contributed by atoms with Crippen LogP contribution in [0, 0.1) is 6.42 Å². The lowest BCUT2D eigenvalue weighted by atomic mass is 9.80. The number of nitrogens with two attached hydrogens (primary N) is 1. The van der Waals surface area contributed by atoms with Gasteiger partial charge in [-0.25, -0.2) is 0 Å². The van der Waals surface area contributed by atoms with Crippen molar-refractivity contribution in [2.75, 3.05) is 6.54 Å². The van der Waals surface area contributed by atoms with E-state index in [0.29, 0.717) is 12.8 Å². The zero-order chi connectivity index (χ0) is 22.6. The second kappa shape index (κ2) is 9.58. The van der Waals surface area contributed by atoms with Gasteiger partial charge in [0.2, 0.25) is 11.8 Å². The van der Waals surface area contributed by atoms with E-state index in [0.717, 1.165) is 38.5 Å². The molecule has 31 heavy (non-hydrogen) atoms. The third-order valence-electron chi connectivity index (χ3n) is 6.56. The van der Waals surface area contributed by atoms with Crippen LogP contribution >= 0.6 is 0 Å². The molecule has 0 spiro atoms. The molecule has 1 saturated carbocycles. The molecule has 167 valence electrons. The Morgan fingerprint density at radius 3 is 2.52 bits per heavy atom. The number of carbonyl (C=O) groups excluding carboxylic acids is 4. The van der Waals surface area contributed by atoms with Crippen LogP contribution in [0.2, 0.25) is 0 Å². The highest BCUT2D eigenvalue weighted by atomic mass is 16.2. The number of rotatable bonds is 5. The summed E-state index contributed by atoms with van der Waals surface area (Å²) in [5.74, 6) is -1.84. The lowest BCUT2D eigenvalue weighted by Crippen LogP contribution is -2.59. The predicted octanol–water partition coefficient (Wildman–Crippen LogP) is 1.88. The minimum Gasteiger partial charge on any atom is -0.369 e. The molecule has 8 nitrogen and oxygen atoms in total. The second-order valence-electron chi connectivity index (χ2n) is 8.87. The standard InChI is InChI=1S/C23H31N4O4/c1-16-9-10-18(19(28)15-26(16)22(31)17-8-4-7-13-25-17)27(21(30)14-20(24)29)23(2)11-5-3-6-12-23/h4,7-8,13-14,16,18H,3,5-6,9-12,15H2,1-2H3,(H2,24,29)/t16-,18+/m1/s1. The zero-order valence-electron chi connectivity index (χ0n) is 18.3. The van der Waals surface area contributed by atoms with Crippen molar-refractivity contribution >= 4 is 23.5 Å². The van der Waals surface area contributed by atoms with E-state index < -0.39 is 23.4 Å². The quantitative estimate of drug-likeness (QED) is 0.721. The maximum absolute atomic E-state index is 13.4. The van der Waals surface area contributed by atoms with Gasteiger partial charge in [0.15, 0.2) is 5.78 Å². The maximum Gasteiger partial charge on any atom is 0.273 e. The van der Waals surface area contributed by atoms with Crippen LogP contribution in [-0.4, -0.2) is 62.5 Å². The molecule has 1 aromatic heterocycles. The molecule has 1 radical (unpaired) electrons. The van der Waals surface area contributed by atoms with Crippen LogP contribution in [-0.2, 0) is 14.4 Å². The highest BCUT2D eigenvalue weighted by Crippen LogP contribution is 2.37. The maximum atomic E-state index is 13.4. The summed E-state index contributed by atoms with van der Waals surface area (Å²) in [6, 6.07) is 4.21. The van der Waals surface area contributed by atoms with Gasteiger partial charge < -0.3 is 15.5 Å². The van der Waals surface area contributed by atoms with Crippen molar-refractivity contribution in [3.63, 3.8) is 0 Å². The SMILES string of the molecule is C[C@@H]1CC[C@H](N(C(=O)[CH]C(N)=O)C2(C)CCCCC2)C(=O)CN1C(=O)c1ccccn1. The fourth-order valence-electron chi connectivity index (χ4n) is 4.87. The molecular weight excluding hydrogens is 396 g/mol. The summed E-state index contributed by atoms with van der Waals surface area (Å²) >= 11 is 0. The van der Waals surface area contributed by atoms with Gasteiger partial charge in [-0.1, -0.05) is 25.3 Å². The summed E-state index contributed by atoms with van der Waals surface area (Å²) in [6.45, 7) is 3.79. The molecule has 1 aliphatic carbocycles. The van der Waals surface area contributed by atoms with Gasteiger partial charge >= 0.3 is 0 Å². The van der Waals surface area contributed by atoms with Gasteiger partial charge in [0, 0.05) is 17.8 Å². The average Bonchev–Trinajstić information content (AvgIpc) is 2.87. The fraction of sp³-hybridized carbons (Fsp3) is 0.565. The molecular formula is C23H31N4O4. The van der Waals surface area contributed by atoms with Gasteiger partial charge in [0.25, 0.3) is 5.91 Å². The van der Waals surface area contributed by atoms with E-state index in [1.165, 1.54) is 4.90 Å². The average molecular weight is 428 g/mol. The normalized spacial score (nSPS) is 23.7. The molecule has 2 heterocycles. The lowest BCUT2D eigenvalue weighted by molar-refractivity contribution is -0.146. The molecule has 2 fully saturated rings. The number of aromatic nitrogens is 1. The number of nitrogens with zero attached hydrogens (tertiary/aromatic N) is 3. The number of likely N-dealkylation sites (tertiary alicyclic amines) is 1. The molecule has 2 atom stereocenters. The molecule has 0 unspecified atom stereocenters. The molecule has 2 N–H and O–H groups in total. The Morgan fingerprint density at radius 2 is 1.90 bits per heavy atom. The van der Waals surface area contributed by atoms with Crippen molar-refractivity contribution in [2.24, 2.45) is 5.73 Å². The first-order valence-electron chi connectivity index (χ1n) is 10.9. The summed E-state index contributed by atoms with van der Waals surface area (Å²) in [5, 5.41) is 0. The Bertz CT molecular complexity index is 835. The summed E-state index contributed by atoms with van der Waals surface area (Å²) < 4.78 is 0. The smallest absolute Gasteiger partial charge is 0.273 e. The van der Waals surface area contributed by atoms with E-state index in [-0.39, 0.29) is 30.0 Å². The number of hydrogen-bond acceptors (Lipinski definition) is 5. The van der Waals surface area contributed by atoms with E-state index in [2.05, 4.69) is 4.98 Å². The number of pyridine rings is 1. The second-order valence-corrected chi connectivity index (χ2v) is 8.87. The number of hydrogen-bond donors (Lipinski definition) is 1. The van der Waals surface area contributed by atoms with Gasteiger partial charge in [-0.2, -0.15) is 0 Å². The molecule has 0 bridgehead atoms. The number of primary amides is 1. The van der Waals surface area contributed by atoms with Crippen molar-refractivity contribution in [3.8, 4) is 0 Å². The van der Waals surface area contributed by atoms with Gasteiger partial charge in [-0.3, -0.25) is 24.2 Å². The van der Waals surface area contributed by atoms with Crippen LogP contribution in [0.4, 0.5) is 0 Å². The summed E-state index contributed by atoms with van der Waals surface area (Å²) in [6.07, 6.45) is 7.94. The number of amides is 3. The first kappa shape index (κ1) is 22.9. The first-order chi connectivity index (χ1) is 14.7. The highest BCUT2D eigenvalue weighted by Gasteiger charge is 2.45. The van der Waals surface area contributed by atoms with Crippen LogP contribution in [0.1, 0.15) is 69.3 Å². The van der Waals surface area contributed by atoms with E-state index in [4.69, 9.17) is 5.73 Å². The third-order valence-corrected chi connectivity index (χ3v) is 6.56. The largest absolute Gasteiger partial charge is 0.369 e. The van der Waals surface area contributed by atoms with Crippen molar-refractivity contribution in [1.82, 2.24) is 14.8 Å². The van der Waals surface area contributed by atoms with E-state index >= 15 is 0 Å². The lowest BCUT2D eigenvalue weighted by Gasteiger charge is -2.47. The summed E-state index contributed by atoms with van der Waals surface area (Å²) in [7, 11) is 0. The van der Waals surface area contributed by atoms with Crippen LogP contribution in [0.25, 0.3) is 0 Å². The van der Waals surface area contributed by atoms with Gasteiger partial charge in [0.05, 0.1) is 12.6 Å². The minimum absolute atomic E-state index is 0.0995. The van der Waals surface area contributed by atoms with E-state index in [1.54, 1.807) is 29.3 Å². The Kier molecular flexibility index (Phi) is 7.08. The number of ketones is 1. The van der Waals surface area contributed by atoms with Gasteiger partial charge in [-0.05, 0) is 51.7 Å². The Morgan fingerprint density at radius 1 is 1.19 bits per heavy atom. The van der Waals surface area contributed by atoms with Crippen molar-refractivity contribution < 1.29 is 19.2 Å². The Hall–Kier alpha value is -2.77. The monoisotopic (exact) mass is 427 g/mol. The topological polar surface area (TPSA) is 114 Å². The van der Waals surface area contributed by atoms with Crippen LogP contribution in [0.3, 0.4) is 0 Å². The molecule has 1 aromatic rings. The molecule has 0 aromatic carbocycles. The first-order valence-corrected chi connectivity index (χ1v) is 10.9. The number of carbonyl (C=O) groups is 4. The Balaban J connectivity index is 1.88. The molecule has 1 aliphatic heterocycles. The van der Waals surface area contributed by atoms with Crippen molar-refractivity contribution in [1.29, 1.82) is 0 Å². The van der Waals surface area contributed by atoms with E-state index in [9.17, 15) is 19.2 Å². The van der Waals surface area contributed by atoms with Crippen LogP contribution in [0.5, 0.6) is 0 Å². The van der Waals surface area contributed by atoms with Gasteiger partial charge in [-0.15, -0.1) is 0 Å². The number of Topliss-reactive ketones (excluding diaryl/α,β-unsaturated/α-hetero) is 1. The van der Waals surface area contributed by atoms with Crippen LogP contribution in [0.15, 0.2) is 24.4 Å². The Labute approximate surface area is 183 Å². The summed E-state index contributed by atoms with van der Waals surface area (Å²) in [5.41, 5.74) is 5.02. The third kappa shape index (κ3) is 5.11. The molecule has 2 aliphatic rings. The molecule has 1 saturated heterocycles. The zero-order valence-corrected chi connectivity index (χ0v) is 18.3. The fourth-order valence-corrected chi connectivity index (χ4v) is 4.87. The highest BCUT2D eigenvalue weighted by molar-refractivity contribution is 6.09. The predicted molar refractivity (Wildman–Crippen MR) is 115 cm³/mol. The van der Waals surface area contributed by atoms with Crippen molar-refractivity contribution in [2.45, 2.75) is 76.4 Å². The van der Waals surface area contributed by atoms with Crippen LogP contribution < -0.4 is 5.73 Å². The summed E-state index contributed by atoms with van der Waals surface area (Å²) in [4.78, 5) is 58.1. The van der Waals surface area contributed by atoms with Gasteiger partial charge in [0.1, 0.15) is 12.1 Å². The van der Waals surface area contributed by atoms with E-state index in [1.807, 2.05) is 13.8 Å². The minimum atomic E-state index is -0.823. The molecule has 3 rings (SSSR count).